The molecule has 0 fully saturated rings. The molecule has 0 unspecified atom stereocenters. The van der Waals surface area contributed by atoms with Crippen LogP contribution in [0.15, 0.2) is 59.2 Å². The van der Waals surface area contributed by atoms with Crippen LogP contribution in [0.5, 0.6) is 0 Å². The van der Waals surface area contributed by atoms with Crippen molar-refractivity contribution in [3.05, 3.63) is 76.7 Å². The molecule has 2 aromatic heterocycles. The first-order valence-corrected chi connectivity index (χ1v) is 10.7. The fourth-order valence-corrected chi connectivity index (χ4v) is 3.68. The number of benzene rings is 1. The first-order valence-electron chi connectivity index (χ1n) is 9.85. The molecule has 9 heteroatoms. The topological polar surface area (TPSA) is 98.9 Å². The molecule has 0 atom stereocenters. The standard InChI is InChI=1S/C23H22N2O6S/c1-3-29-22(28)21-16(2)24-23(32-21)25(14-17-8-5-4-6-9-17)19(26)15-31-20(27)12-11-18-10-7-13-30-18/h4-13H,3,14-15H2,1-2H3/b12-11+. The molecule has 0 bridgehead atoms. The first-order chi connectivity index (χ1) is 15.5. The summed E-state index contributed by atoms with van der Waals surface area (Å²) < 4.78 is 15.3. The SMILES string of the molecule is CCOC(=O)c1sc(N(Cc2ccccc2)C(=O)COC(=O)/C=C/c2ccco2)nc1C. The summed E-state index contributed by atoms with van der Waals surface area (Å²) in [5.41, 5.74) is 1.32. The van der Waals surface area contributed by atoms with E-state index < -0.39 is 24.5 Å². The van der Waals surface area contributed by atoms with Gasteiger partial charge in [-0.3, -0.25) is 9.69 Å². The van der Waals surface area contributed by atoms with Gasteiger partial charge in [0.1, 0.15) is 10.6 Å². The number of furan rings is 1. The van der Waals surface area contributed by atoms with Crippen LogP contribution in [0, 0.1) is 6.92 Å². The zero-order valence-corrected chi connectivity index (χ0v) is 18.5. The number of esters is 2. The summed E-state index contributed by atoms with van der Waals surface area (Å²) in [4.78, 5) is 43.2. The van der Waals surface area contributed by atoms with Gasteiger partial charge in [0.15, 0.2) is 11.7 Å². The van der Waals surface area contributed by atoms with Crippen LogP contribution in [-0.4, -0.2) is 36.0 Å². The highest BCUT2D eigenvalue weighted by atomic mass is 32.1. The van der Waals surface area contributed by atoms with E-state index in [1.807, 2.05) is 30.3 Å². The Bertz CT molecular complexity index is 1090. The number of anilines is 1. The van der Waals surface area contributed by atoms with Crippen molar-refractivity contribution in [3.63, 3.8) is 0 Å². The fraction of sp³-hybridized carbons (Fsp3) is 0.217. The van der Waals surface area contributed by atoms with E-state index >= 15 is 0 Å². The molecule has 166 valence electrons. The quantitative estimate of drug-likeness (QED) is 0.356. The molecule has 0 aliphatic heterocycles. The second-order valence-electron chi connectivity index (χ2n) is 6.55. The van der Waals surface area contributed by atoms with Gasteiger partial charge in [-0.05, 0) is 37.6 Å². The Balaban J connectivity index is 1.75. The van der Waals surface area contributed by atoms with Crippen molar-refractivity contribution in [2.24, 2.45) is 0 Å². The van der Waals surface area contributed by atoms with Crippen molar-refractivity contribution in [3.8, 4) is 0 Å². The summed E-state index contributed by atoms with van der Waals surface area (Å²) in [6.07, 6.45) is 4.11. The minimum Gasteiger partial charge on any atom is -0.465 e. The average Bonchev–Trinajstić information content (AvgIpc) is 3.45. The predicted octanol–water partition coefficient (Wildman–Crippen LogP) is 4.01. The summed E-state index contributed by atoms with van der Waals surface area (Å²) in [5, 5.41) is 0.321. The maximum atomic E-state index is 13.0. The van der Waals surface area contributed by atoms with Gasteiger partial charge in [0.2, 0.25) is 0 Å². The second kappa shape index (κ2) is 11.1. The summed E-state index contributed by atoms with van der Waals surface area (Å²) >= 11 is 1.06. The van der Waals surface area contributed by atoms with Gasteiger partial charge in [-0.15, -0.1) is 0 Å². The lowest BCUT2D eigenvalue weighted by Gasteiger charge is -2.19. The number of aryl methyl sites for hydroxylation is 1. The summed E-state index contributed by atoms with van der Waals surface area (Å²) in [5.74, 6) is -1.16. The number of ether oxygens (including phenoxy) is 2. The van der Waals surface area contributed by atoms with E-state index in [4.69, 9.17) is 13.9 Å². The Labute approximate surface area is 189 Å². The van der Waals surface area contributed by atoms with Crippen molar-refractivity contribution in [1.82, 2.24) is 4.98 Å². The number of amides is 1. The molecule has 0 saturated carbocycles. The average molecular weight is 455 g/mol. The lowest BCUT2D eigenvalue weighted by molar-refractivity contribution is -0.142. The van der Waals surface area contributed by atoms with Crippen molar-refractivity contribution in [2.75, 3.05) is 18.1 Å². The largest absolute Gasteiger partial charge is 0.465 e. The molecule has 32 heavy (non-hydrogen) atoms. The monoisotopic (exact) mass is 454 g/mol. The minimum atomic E-state index is -0.683. The van der Waals surface area contributed by atoms with E-state index in [0.717, 1.165) is 16.9 Å². The minimum absolute atomic E-state index is 0.203. The van der Waals surface area contributed by atoms with Gasteiger partial charge in [0.05, 0.1) is 25.1 Å². The summed E-state index contributed by atoms with van der Waals surface area (Å²) in [7, 11) is 0. The Morgan fingerprint density at radius 1 is 1.12 bits per heavy atom. The zero-order valence-electron chi connectivity index (χ0n) is 17.6. The van der Waals surface area contributed by atoms with Crippen LogP contribution in [0.1, 0.15) is 33.6 Å². The smallest absolute Gasteiger partial charge is 0.350 e. The number of carbonyl (C=O) groups excluding carboxylic acids is 3. The zero-order chi connectivity index (χ0) is 22.9. The molecule has 8 nitrogen and oxygen atoms in total. The van der Waals surface area contributed by atoms with Gasteiger partial charge in [0.25, 0.3) is 5.91 Å². The molecule has 1 amide bonds. The first kappa shape index (κ1) is 23.0. The highest BCUT2D eigenvalue weighted by Gasteiger charge is 2.25. The summed E-state index contributed by atoms with van der Waals surface area (Å²) in [6.45, 7) is 3.35. The number of nitrogens with zero attached hydrogens (tertiary/aromatic N) is 2. The third-order valence-electron chi connectivity index (χ3n) is 4.23. The maximum absolute atomic E-state index is 13.0. The number of carbonyl (C=O) groups is 3. The second-order valence-corrected chi connectivity index (χ2v) is 7.53. The van der Waals surface area contributed by atoms with Crippen molar-refractivity contribution in [1.29, 1.82) is 0 Å². The molecule has 0 aliphatic rings. The van der Waals surface area contributed by atoms with Gasteiger partial charge in [-0.1, -0.05) is 41.7 Å². The number of rotatable bonds is 9. The maximum Gasteiger partial charge on any atom is 0.350 e. The number of hydrogen-bond acceptors (Lipinski definition) is 8. The normalized spacial score (nSPS) is 10.8. The molecule has 0 aliphatic carbocycles. The van der Waals surface area contributed by atoms with Crippen molar-refractivity contribution < 1.29 is 28.3 Å². The third-order valence-corrected chi connectivity index (χ3v) is 5.39. The van der Waals surface area contributed by atoms with Crippen LogP contribution in [0.3, 0.4) is 0 Å². The van der Waals surface area contributed by atoms with E-state index in [1.165, 1.54) is 23.3 Å². The molecular weight excluding hydrogens is 432 g/mol. The van der Waals surface area contributed by atoms with Crippen molar-refractivity contribution in [2.45, 2.75) is 20.4 Å². The van der Waals surface area contributed by atoms with Crippen LogP contribution >= 0.6 is 11.3 Å². The number of thiazole rings is 1. The van der Waals surface area contributed by atoms with Crippen LogP contribution in [0.25, 0.3) is 6.08 Å². The molecule has 0 saturated heterocycles. The highest BCUT2D eigenvalue weighted by molar-refractivity contribution is 7.17. The predicted molar refractivity (Wildman–Crippen MR) is 119 cm³/mol. The molecule has 0 spiro atoms. The Kier molecular flexibility index (Phi) is 7.93. The molecule has 0 N–H and O–H groups in total. The molecule has 1 aromatic carbocycles. The van der Waals surface area contributed by atoms with Crippen LogP contribution in [0.2, 0.25) is 0 Å². The van der Waals surface area contributed by atoms with Gasteiger partial charge in [-0.2, -0.15) is 0 Å². The molecule has 3 aromatic rings. The van der Waals surface area contributed by atoms with Crippen LogP contribution in [0.4, 0.5) is 5.13 Å². The third kappa shape index (κ3) is 6.14. The molecule has 3 rings (SSSR count). The van der Waals surface area contributed by atoms with Gasteiger partial charge in [0, 0.05) is 6.08 Å². The van der Waals surface area contributed by atoms with E-state index in [-0.39, 0.29) is 13.2 Å². The highest BCUT2D eigenvalue weighted by Crippen LogP contribution is 2.28. The summed E-state index contributed by atoms with van der Waals surface area (Å²) in [6, 6.07) is 12.7. The Hall–Kier alpha value is -3.72. The number of hydrogen-bond donors (Lipinski definition) is 0. The van der Waals surface area contributed by atoms with E-state index in [9.17, 15) is 14.4 Å². The van der Waals surface area contributed by atoms with E-state index in [2.05, 4.69) is 4.98 Å². The molecule has 0 radical (unpaired) electrons. The molecular formula is C23H22N2O6S. The molecule has 2 heterocycles. The van der Waals surface area contributed by atoms with Crippen molar-refractivity contribution >= 4 is 40.4 Å². The lowest BCUT2D eigenvalue weighted by atomic mass is 10.2. The fourth-order valence-electron chi connectivity index (χ4n) is 2.71. The van der Waals surface area contributed by atoms with Crippen LogP contribution in [-0.2, 0) is 25.6 Å². The Morgan fingerprint density at radius 2 is 1.91 bits per heavy atom. The van der Waals surface area contributed by atoms with Gasteiger partial charge < -0.3 is 13.9 Å². The Morgan fingerprint density at radius 3 is 2.59 bits per heavy atom. The van der Waals surface area contributed by atoms with Crippen LogP contribution < -0.4 is 4.90 Å². The lowest BCUT2D eigenvalue weighted by Crippen LogP contribution is -2.34. The number of aromatic nitrogens is 1. The van der Waals surface area contributed by atoms with Gasteiger partial charge >= 0.3 is 11.9 Å². The van der Waals surface area contributed by atoms with E-state index in [0.29, 0.717) is 21.5 Å². The van der Waals surface area contributed by atoms with E-state index in [1.54, 1.807) is 26.0 Å². The van der Waals surface area contributed by atoms with Gasteiger partial charge in [-0.25, -0.2) is 14.6 Å².